The van der Waals surface area contributed by atoms with E-state index in [9.17, 15) is 14.9 Å². The summed E-state index contributed by atoms with van der Waals surface area (Å²) < 4.78 is 0.338. The van der Waals surface area contributed by atoms with Crippen molar-refractivity contribution in [2.75, 3.05) is 0 Å². The molecule has 0 saturated heterocycles. The lowest BCUT2D eigenvalue weighted by atomic mass is 10.1. The van der Waals surface area contributed by atoms with Crippen molar-refractivity contribution in [2.45, 2.75) is 5.92 Å². The lowest BCUT2D eigenvalue weighted by Gasteiger charge is -2.04. The normalized spacial score (nSPS) is 11.5. The van der Waals surface area contributed by atoms with Crippen molar-refractivity contribution in [3.8, 4) is 6.07 Å². The molecule has 1 aromatic heterocycles. The summed E-state index contributed by atoms with van der Waals surface area (Å²) in [6.07, 6.45) is 1.20. The molecule has 16 heavy (non-hydrogen) atoms. The molecule has 0 aliphatic carbocycles. The van der Waals surface area contributed by atoms with Crippen molar-refractivity contribution in [1.29, 1.82) is 5.26 Å². The lowest BCUT2D eigenvalue weighted by molar-refractivity contribution is -0.386. The van der Waals surface area contributed by atoms with Gasteiger partial charge in [-0.25, -0.2) is 0 Å². The van der Waals surface area contributed by atoms with Crippen molar-refractivity contribution in [2.24, 2.45) is 0 Å². The van der Waals surface area contributed by atoms with Crippen molar-refractivity contribution >= 4 is 27.6 Å². The lowest BCUT2D eigenvalue weighted by Crippen LogP contribution is -2.13. The number of nitro groups is 1. The Balaban J connectivity index is 3.38. The molecule has 1 N–H and O–H groups in total. The molecule has 1 unspecified atom stereocenters. The van der Waals surface area contributed by atoms with Gasteiger partial charge in [0.05, 0.1) is 11.0 Å². The zero-order valence-corrected chi connectivity index (χ0v) is 9.21. The van der Waals surface area contributed by atoms with E-state index in [0.29, 0.717) is 4.47 Å². The zero-order chi connectivity index (χ0) is 12.3. The van der Waals surface area contributed by atoms with Crippen LogP contribution in [0.2, 0.25) is 0 Å². The van der Waals surface area contributed by atoms with Crippen molar-refractivity contribution in [3.63, 3.8) is 0 Å². The van der Waals surface area contributed by atoms with Gasteiger partial charge in [0.1, 0.15) is 5.69 Å². The van der Waals surface area contributed by atoms with E-state index in [2.05, 4.69) is 20.9 Å². The molecule has 0 fully saturated rings. The second-order valence-electron chi connectivity index (χ2n) is 2.72. The Morgan fingerprint density at radius 2 is 2.38 bits per heavy atom. The van der Waals surface area contributed by atoms with Crippen LogP contribution in [0.25, 0.3) is 0 Å². The van der Waals surface area contributed by atoms with Crippen LogP contribution in [0.15, 0.2) is 16.7 Å². The molecule has 1 rings (SSSR count). The summed E-state index contributed by atoms with van der Waals surface area (Å²) in [6, 6.07) is 2.56. The highest BCUT2D eigenvalue weighted by molar-refractivity contribution is 9.10. The Morgan fingerprint density at radius 1 is 1.75 bits per heavy atom. The Bertz CT molecular complexity index is 497. The molecular formula is C8H4BrN3O4. The number of aliphatic carboxylic acids is 1. The van der Waals surface area contributed by atoms with Gasteiger partial charge in [0.2, 0.25) is 0 Å². The largest absolute Gasteiger partial charge is 0.480 e. The van der Waals surface area contributed by atoms with Gasteiger partial charge in [0.25, 0.3) is 5.69 Å². The molecule has 1 atom stereocenters. The van der Waals surface area contributed by atoms with Crippen LogP contribution >= 0.6 is 15.9 Å². The van der Waals surface area contributed by atoms with Crippen LogP contribution in [0.1, 0.15) is 11.6 Å². The molecule has 0 saturated carbocycles. The molecule has 7 nitrogen and oxygen atoms in total. The van der Waals surface area contributed by atoms with Crippen LogP contribution in [0.3, 0.4) is 0 Å². The highest BCUT2D eigenvalue weighted by Crippen LogP contribution is 2.27. The smallest absolute Gasteiger partial charge is 0.327 e. The third-order valence-electron chi connectivity index (χ3n) is 1.71. The van der Waals surface area contributed by atoms with E-state index in [1.54, 1.807) is 0 Å². The van der Waals surface area contributed by atoms with Crippen LogP contribution in [-0.2, 0) is 4.79 Å². The number of rotatable bonds is 3. The first kappa shape index (κ1) is 12.1. The molecule has 0 radical (unpaired) electrons. The summed E-state index contributed by atoms with van der Waals surface area (Å²) in [6.45, 7) is 0. The minimum atomic E-state index is -1.64. The Kier molecular flexibility index (Phi) is 3.52. The van der Waals surface area contributed by atoms with Gasteiger partial charge in [-0.1, -0.05) is 0 Å². The molecule has 1 aromatic rings. The average molecular weight is 286 g/mol. The third kappa shape index (κ3) is 2.32. The number of pyridine rings is 1. The highest BCUT2D eigenvalue weighted by atomic mass is 79.9. The minimum Gasteiger partial charge on any atom is -0.480 e. The van der Waals surface area contributed by atoms with Gasteiger partial charge in [-0.15, -0.1) is 0 Å². The van der Waals surface area contributed by atoms with E-state index in [-0.39, 0.29) is 5.69 Å². The SMILES string of the molecule is N#CC(C(=O)O)c1ncc(Br)cc1[N+](=O)[O-]. The molecule has 0 amide bonds. The molecule has 0 aliphatic heterocycles. The second-order valence-corrected chi connectivity index (χ2v) is 3.63. The summed E-state index contributed by atoms with van der Waals surface area (Å²) in [5, 5.41) is 28.0. The van der Waals surface area contributed by atoms with Gasteiger partial charge in [0, 0.05) is 16.7 Å². The number of carboxylic acids is 1. The zero-order valence-electron chi connectivity index (χ0n) is 7.62. The molecule has 0 aliphatic rings. The van der Waals surface area contributed by atoms with E-state index in [1.807, 2.05) is 0 Å². The van der Waals surface area contributed by atoms with E-state index >= 15 is 0 Å². The summed E-state index contributed by atoms with van der Waals surface area (Å²) in [4.78, 5) is 24.2. The summed E-state index contributed by atoms with van der Waals surface area (Å²) >= 11 is 2.98. The van der Waals surface area contributed by atoms with E-state index in [1.165, 1.54) is 12.3 Å². The average Bonchev–Trinajstić information content (AvgIpc) is 2.20. The van der Waals surface area contributed by atoms with Gasteiger partial charge >= 0.3 is 5.97 Å². The second kappa shape index (κ2) is 4.67. The van der Waals surface area contributed by atoms with Crippen LogP contribution in [0.4, 0.5) is 5.69 Å². The molecule has 0 spiro atoms. The van der Waals surface area contributed by atoms with Crippen LogP contribution in [-0.4, -0.2) is 21.0 Å². The Hall–Kier alpha value is -2.01. The summed E-state index contributed by atoms with van der Waals surface area (Å²) in [5.74, 6) is -3.12. The van der Waals surface area contributed by atoms with Crippen LogP contribution in [0, 0.1) is 21.4 Å². The van der Waals surface area contributed by atoms with Crippen LogP contribution < -0.4 is 0 Å². The maximum absolute atomic E-state index is 10.7. The quantitative estimate of drug-likeness (QED) is 0.663. The third-order valence-corrected chi connectivity index (χ3v) is 2.14. The molecule has 8 heteroatoms. The van der Waals surface area contributed by atoms with Gasteiger partial charge in [-0.3, -0.25) is 19.9 Å². The number of nitriles is 1. The molecular weight excluding hydrogens is 282 g/mol. The fourth-order valence-electron chi connectivity index (χ4n) is 1.04. The van der Waals surface area contributed by atoms with Crippen LogP contribution in [0.5, 0.6) is 0 Å². The minimum absolute atomic E-state index is 0.338. The molecule has 82 valence electrons. The standard InChI is InChI=1S/C8H4BrN3O4/c9-4-1-6(12(15)16)7(11-3-4)5(2-10)8(13)14/h1,3,5H,(H,13,14). The Labute approximate surface area is 97.6 Å². The fraction of sp³-hybridized carbons (Fsp3) is 0.125. The first-order valence-corrected chi connectivity index (χ1v) is 4.69. The van der Waals surface area contributed by atoms with Gasteiger partial charge < -0.3 is 5.11 Å². The number of hydrogen-bond donors (Lipinski definition) is 1. The Morgan fingerprint density at radius 3 is 2.81 bits per heavy atom. The maximum Gasteiger partial charge on any atom is 0.327 e. The van der Waals surface area contributed by atoms with Gasteiger partial charge in [-0.2, -0.15) is 5.26 Å². The molecule has 1 heterocycles. The maximum atomic E-state index is 10.7. The van der Waals surface area contributed by atoms with Gasteiger partial charge in [-0.05, 0) is 15.9 Å². The van der Waals surface area contributed by atoms with Gasteiger partial charge in [0.15, 0.2) is 5.92 Å². The van der Waals surface area contributed by atoms with E-state index in [4.69, 9.17) is 10.4 Å². The number of carbonyl (C=O) groups is 1. The summed E-state index contributed by atoms with van der Waals surface area (Å²) in [7, 11) is 0. The van der Waals surface area contributed by atoms with E-state index < -0.39 is 22.5 Å². The van der Waals surface area contributed by atoms with E-state index in [0.717, 1.165) is 6.07 Å². The predicted octanol–water partition coefficient (Wildman–Crippen LogP) is 1.44. The predicted molar refractivity (Wildman–Crippen MR) is 54.6 cm³/mol. The first-order chi connectivity index (χ1) is 7.47. The molecule has 0 aromatic carbocycles. The first-order valence-electron chi connectivity index (χ1n) is 3.89. The summed E-state index contributed by atoms with van der Waals surface area (Å²) in [5.41, 5.74) is -0.869. The molecule has 0 bridgehead atoms. The van der Waals surface area contributed by atoms with Crippen molar-refractivity contribution in [3.05, 3.63) is 32.5 Å². The van der Waals surface area contributed by atoms with Crippen molar-refractivity contribution in [1.82, 2.24) is 4.98 Å². The highest BCUT2D eigenvalue weighted by Gasteiger charge is 2.29. The number of carboxylic acid groups (broad SMARTS) is 1. The van der Waals surface area contributed by atoms with Crippen molar-refractivity contribution < 1.29 is 14.8 Å². The number of halogens is 1. The number of aromatic nitrogens is 1. The fourth-order valence-corrected chi connectivity index (χ4v) is 1.36. The monoisotopic (exact) mass is 285 g/mol. The topological polar surface area (TPSA) is 117 Å². The number of nitrogens with zero attached hydrogens (tertiary/aromatic N) is 3. The number of hydrogen-bond acceptors (Lipinski definition) is 5.